The lowest BCUT2D eigenvalue weighted by molar-refractivity contribution is 0.794. The molecule has 0 spiro atoms. The molecule has 24 heavy (non-hydrogen) atoms. The van der Waals surface area contributed by atoms with E-state index in [4.69, 9.17) is 0 Å². The van der Waals surface area contributed by atoms with Gasteiger partial charge < -0.3 is 15.5 Å². The molecule has 9 heteroatoms. The molecule has 0 aliphatic heterocycles. The van der Waals surface area contributed by atoms with Crippen LogP contribution in [0, 0.1) is 6.92 Å². The average molecular weight is 480 g/mol. The number of hydrogen-bond donors (Lipinski definition) is 2. The summed E-state index contributed by atoms with van der Waals surface area (Å²) in [6.45, 7) is 6.38. The zero-order valence-corrected chi connectivity index (χ0v) is 18.5. The van der Waals surface area contributed by atoms with E-state index in [1.807, 2.05) is 25.2 Å². The Balaban J connectivity index is 0.00000288. The van der Waals surface area contributed by atoms with Gasteiger partial charge in [0.05, 0.1) is 17.2 Å². The minimum atomic E-state index is 0. The number of halogens is 1. The molecule has 0 aliphatic carbocycles. The van der Waals surface area contributed by atoms with Crippen LogP contribution in [-0.4, -0.2) is 43.1 Å². The minimum Gasteiger partial charge on any atom is -0.357 e. The van der Waals surface area contributed by atoms with Crippen molar-refractivity contribution in [3.63, 3.8) is 0 Å². The van der Waals surface area contributed by atoms with Gasteiger partial charge in [0, 0.05) is 50.1 Å². The van der Waals surface area contributed by atoms with Gasteiger partial charge in [0.2, 0.25) is 0 Å². The maximum Gasteiger partial charge on any atom is 0.191 e. The number of anilines is 1. The van der Waals surface area contributed by atoms with Crippen LogP contribution in [0.3, 0.4) is 0 Å². The second-order valence-corrected chi connectivity index (χ2v) is 7.41. The van der Waals surface area contributed by atoms with Crippen molar-refractivity contribution in [2.24, 2.45) is 4.99 Å². The second kappa shape index (κ2) is 10.8. The van der Waals surface area contributed by atoms with Gasteiger partial charge in [-0.2, -0.15) is 0 Å². The topological polar surface area (TPSA) is 65.4 Å². The van der Waals surface area contributed by atoms with E-state index < -0.39 is 0 Å². The van der Waals surface area contributed by atoms with Crippen LogP contribution in [0.1, 0.15) is 22.5 Å². The summed E-state index contributed by atoms with van der Waals surface area (Å²) in [6, 6.07) is 0. The van der Waals surface area contributed by atoms with Crippen LogP contribution in [0.25, 0.3) is 0 Å². The van der Waals surface area contributed by atoms with Crippen molar-refractivity contribution in [3.05, 3.63) is 27.2 Å². The summed E-state index contributed by atoms with van der Waals surface area (Å²) in [5.74, 6) is 0.820. The van der Waals surface area contributed by atoms with Crippen molar-refractivity contribution in [1.29, 1.82) is 0 Å². The molecule has 2 aromatic rings. The number of guanidine groups is 1. The zero-order valence-electron chi connectivity index (χ0n) is 14.5. The fourth-order valence-corrected chi connectivity index (χ4v) is 3.42. The average Bonchev–Trinajstić information content (AvgIpc) is 3.14. The first kappa shape index (κ1) is 21.1. The van der Waals surface area contributed by atoms with Gasteiger partial charge in [-0.25, -0.2) is 15.0 Å². The molecule has 0 saturated carbocycles. The highest BCUT2D eigenvalue weighted by Crippen LogP contribution is 2.18. The summed E-state index contributed by atoms with van der Waals surface area (Å²) >= 11 is 3.38. The highest BCUT2D eigenvalue weighted by molar-refractivity contribution is 14.0. The number of nitrogens with one attached hydrogen (secondary N) is 2. The van der Waals surface area contributed by atoms with Crippen LogP contribution in [0.2, 0.25) is 0 Å². The van der Waals surface area contributed by atoms with E-state index in [0.29, 0.717) is 6.54 Å². The maximum atomic E-state index is 4.60. The van der Waals surface area contributed by atoms with Crippen molar-refractivity contribution in [2.75, 3.05) is 32.1 Å². The zero-order chi connectivity index (χ0) is 16.7. The predicted octanol–water partition coefficient (Wildman–Crippen LogP) is 2.89. The predicted molar refractivity (Wildman–Crippen MR) is 115 cm³/mol. The Hall–Kier alpha value is -0.940. The molecular formula is C15H25IN6S2. The molecule has 0 unspecified atom stereocenters. The normalized spacial score (nSPS) is 11.1. The molecule has 0 amide bonds. The number of aryl methyl sites for hydroxylation is 1. The van der Waals surface area contributed by atoms with Crippen molar-refractivity contribution >= 4 is 57.7 Å². The lowest BCUT2D eigenvalue weighted by Crippen LogP contribution is -2.38. The molecule has 0 bridgehead atoms. The molecule has 2 N–H and O–H groups in total. The largest absolute Gasteiger partial charge is 0.357 e. The standard InChI is InChI=1S/C15H24N6S2.HI/c1-5-16-14(17-7-6-13-18-8-11(2)23-13)19-9-12-10-22-15(20-12)21(3)4;/h8,10H,5-7,9H2,1-4H3,(H2,16,17,19);1H. The molecule has 0 saturated heterocycles. The lowest BCUT2D eigenvalue weighted by atomic mass is 10.4. The molecule has 0 aromatic carbocycles. The van der Waals surface area contributed by atoms with Crippen LogP contribution in [0.5, 0.6) is 0 Å². The van der Waals surface area contributed by atoms with Gasteiger partial charge in [0.25, 0.3) is 0 Å². The van der Waals surface area contributed by atoms with Crippen LogP contribution in [0.15, 0.2) is 16.6 Å². The van der Waals surface area contributed by atoms with Gasteiger partial charge in [-0.3, -0.25) is 0 Å². The third-order valence-corrected chi connectivity index (χ3v) is 5.00. The van der Waals surface area contributed by atoms with Gasteiger partial charge in [-0.1, -0.05) is 0 Å². The fourth-order valence-electron chi connectivity index (χ4n) is 1.88. The highest BCUT2D eigenvalue weighted by Gasteiger charge is 2.04. The van der Waals surface area contributed by atoms with E-state index in [1.54, 1.807) is 22.7 Å². The Morgan fingerprint density at radius 2 is 2.12 bits per heavy atom. The summed E-state index contributed by atoms with van der Waals surface area (Å²) < 4.78 is 0. The molecule has 0 fully saturated rings. The van der Waals surface area contributed by atoms with Crippen LogP contribution >= 0.6 is 46.7 Å². The van der Waals surface area contributed by atoms with E-state index in [-0.39, 0.29) is 24.0 Å². The van der Waals surface area contributed by atoms with Gasteiger partial charge in [0.1, 0.15) is 0 Å². The quantitative estimate of drug-likeness (QED) is 0.363. The summed E-state index contributed by atoms with van der Waals surface area (Å²) in [7, 11) is 4.00. The smallest absolute Gasteiger partial charge is 0.191 e. The molecule has 134 valence electrons. The van der Waals surface area contributed by atoms with Crippen molar-refractivity contribution in [3.8, 4) is 0 Å². The van der Waals surface area contributed by atoms with Gasteiger partial charge >= 0.3 is 0 Å². The second-order valence-electron chi connectivity index (χ2n) is 5.25. The van der Waals surface area contributed by atoms with Gasteiger partial charge in [0.15, 0.2) is 11.1 Å². The van der Waals surface area contributed by atoms with Crippen molar-refractivity contribution < 1.29 is 0 Å². The van der Waals surface area contributed by atoms with Crippen LogP contribution < -0.4 is 15.5 Å². The maximum absolute atomic E-state index is 4.60. The van der Waals surface area contributed by atoms with E-state index in [2.05, 4.69) is 44.8 Å². The lowest BCUT2D eigenvalue weighted by Gasteiger charge is -2.10. The summed E-state index contributed by atoms with van der Waals surface area (Å²) in [6.07, 6.45) is 2.83. The van der Waals surface area contributed by atoms with E-state index >= 15 is 0 Å². The fraction of sp³-hybridized carbons (Fsp3) is 0.533. The van der Waals surface area contributed by atoms with Gasteiger partial charge in [-0.15, -0.1) is 46.7 Å². The first-order valence-corrected chi connectivity index (χ1v) is 9.33. The minimum absolute atomic E-state index is 0. The van der Waals surface area contributed by atoms with E-state index in [0.717, 1.165) is 41.3 Å². The van der Waals surface area contributed by atoms with Crippen LogP contribution in [0.4, 0.5) is 5.13 Å². The molecular weight excluding hydrogens is 455 g/mol. The third kappa shape index (κ3) is 6.89. The summed E-state index contributed by atoms with van der Waals surface area (Å²) in [5.41, 5.74) is 0.992. The van der Waals surface area contributed by atoms with Crippen molar-refractivity contribution in [2.45, 2.75) is 26.8 Å². The number of nitrogens with zero attached hydrogens (tertiary/aromatic N) is 4. The molecule has 2 aromatic heterocycles. The summed E-state index contributed by atoms with van der Waals surface area (Å²) in [5, 5.41) is 10.8. The van der Waals surface area contributed by atoms with Crippen molar-refractivity contribution in [1.82, 2.24) is 20.6 Å². The Morgan fingerprint density at radius 1 is 1.33 bits per heavy atom. The first-order valence-electron chi connectivity index (χ1n) is 7.63. The molecule has 2 heterocycles. The Kier molecular flexibility index (Phi) is 9.52. The number of aliphatic imine (C=N–C) groups is 1. The number of aromatic nitrogens is 2. The Morgan fingerprint density at radius 3 is 2.71 bits per heavy atom. The van der Waals surface area contributed by atoms with Crippen LogP contribution in [-0.2, 0) is 13.0 Å². The molecule has 0 radical (unpaired) electrons. The summed E-state index contributed by atoms with van der Waals surface area (Å²) in [4.78, 5) is 16.8. The first-order chi connectivity index (χ1) is 11.1. The van der Waals surface area contributed by atoms with E-state index in [1.165, 1.54) is 4.88 Å². The monoisotopic (exact) mass is 480 g/mol. The number of hydrogen-bond acceptors (Lipinski definition) is 6. The molecule has 0 atom stereocenters. The third-order valence-electron chi connectivity index (χ3n) is 2.97. The molecule has 0 aliphatic rings. The highest BCUT2D eigenvalue weighted by atomic mass is 127. The van der Waals surface area contributed by atoms with E-state index in [9.17, 15) is 0 Å². The Labute approximate surface area is 168 Å². The molecule has 6 nitrogen and oxygen atoms in total. The number of thiazole rings is 2. The van der Waals surface area contributed by atoms with Gasteiger partial charge in [-0.05, 0) is 13.8 Å². The SMILES string of the molecule is CCNC(=NCc1csc(N(C)C)n1)NCCc1ncc(C)s1.I. The molecule has 2 rings (SSSR count). The number of rotatable bonds is 7. The Bertz CT molecular complexity index is 637.